The molecule has 0 spiro atoms. The number of allylic oxidation sites excluding steroid dienone is 2. The van der Waals surface area contributed by atoms with Crippen LogP contribution in [0.15, 0.2) is 8.81 Å². The van der Waals surface area contributed by atoms with Crippen molar-refractivity contribution in [1.29, 1.82) is 0 Å². The molecule has 1 heterocycles. The SMILES string of the molecule is C[C]1=[C](C)[GeH2]1. The summed E-state index contributed by atoms with van der Waals surface area (Å²) in [5.41, 5.74) is 0. The van der Waals surface area contributed by atoms with Crippen molar-refractivity contribution in [3.05, 3.63) is 8.81 Å². The Morgan fingerprint density at radius 3 is 1.40 bits per heavy atom. The van der Waals surface area contributed by atoms with E-state index in [1.54, 1.807) is 8.81 Å². The van der Waals surface area contributed by atoms with Crippen molar-refractivity contribution in [3.8, 4) is 0 Å². The van der Waals surface area contributed by atoms with Crippen LogP contribution in [-0.2, 0) is 0 Å². The molecule has 5 heavy (non-hydrogen) atoms. The van der Waals surface area contributed by atoms with Gasteiger partial charge in [0, 0.05) is 0 Å². The summed E-state index contributed by atoms with van der Waals surface area (Å²) in [6.45, 7) is 4.52. The molecule has 0 bridgehead atoms. The van der Waals surface area contributed by atoms with Gasteiger partial charge >= 0.3 is 38.1 Å². The summed E-state index contributed by atoms with van der Waals surface area (Å²) in [7, 11) is 0. The molecular formula is C4H8Ge. The molecule has 0 amide bonds. The molecular weight excluding hydrogens is 121 g/mol. The van der Waals surface area contributed by atoms with Crippen LogP contribution in [0.1, 0.15) is 13.8 Å². The Morgan fingerprint density at radius 1 is 1.20 bits per heavy atom. The van der Waals surface area contributed by atoms with Gasteiger partial charge in [-0.3, -0.25) is 0 Å². The summed E-state index contributed by atoms with van der Waals surface area (Å²) in [5, 5.41) is 0. The van der Waals surface area contributed by atoms with Crippen molar-refractivity contribution in [3.63, 3.8) is 0 Å². The predicted molar refractivity (Wildman–Crippen MR) is 26.9 cm³/mol. The zero-order chi connectivity index (χ0) is 3.86. The zero-order valence-corrected chi connectivity index (χ0v) is 6.67. The average molecular weight is 129 g/mol. The Labute approximate surface area is 38.7 Å². The molecule has 0 saturated heterocycles. The van der Waals surface area contributed by atoms with Crippen LogP contribution in [-0.4, -0.2) is 15.4 Å². The van der Waals surface area contributed by atoms with Crippen LogP contribution in [0, 0.1) is 0 Å². The summed E-state index contributed by atoms with van der Waals surface area (Å²) in [6, 6.07) is 0. The maximum atomic E-state index is 2.26. The zero-order valence-electron chi connectivity index (χ0n) is 3.71. The van der Waals surface area contributed by atoms with E-state index in [4.69, 9.17) is 0 Å². The van der Waals surface area contributed by atoms with Crippen LogP contribution in [0.25, 0.3) is 0 Å². The van der Waals surface area contributed by atoms with Crippen LogP contribution >= 0.6 is 0 Å². The van der Waals surface area contributed by atoms with Gasteiger partial charge in [-0.1, -0.05) is 0 Å². The first kappa shape index (κ1) is 3.47. The standard InChI is InChI=1S/C4H8Ge/c1-3-4(2)5-3/h5H2,1-2H3. The maximum absolute atomic E-state index is 2.26. The summed E-state index contributed by atoms with van der Waals surface area (Å²) in [5.74, 6) is 0. The average Bonchev–Trinajstić information content (AvgIpc) is 1.79. The number of rotatable bonds is 0. The minimum atomic E-state index is 0.0139. The third-order valence-electron chi connectivity index (χ3n) is 1.13. The molecule has 1 aliphatic heterocycles. The van der Waals surface area contributed by atoms with Crippen LogP contribution in [0.4, 0.5) is 0 Å². The van der Waals surface area contributed by atoms with Crippen LogP contribution in [0.5, 0.6) is 0 Å². The third kappa shape index (κ3) is 0.565. The van der Waals surface area contributed by atoms with E-state index in [1.807, 2.05) is 0 Å². The van der Waals surface area contributed by atoms with Gasteiger partial charge in [0.1, 0.15) is 0 Å². The van der Waals surface area contributed by atoms with Gasteiger partial charge in [-0.05, 0) is 0 Å². The first-order valence-corrected chi connectivity index (χ1v) is 4.92. The van der Waals surface area contributed by atoms with E-state index < -0.39 is 0 Å². The summed E-state index contributed by atoms with van der Waals surface area (Å²) in [4.78, 5) is 0. The molecule has 28 valence electrons. The Morgan fingerprint density at radius 2 is 1.40 bits per heavy atom. The molecule has 0 atom stereocenters. The molecule has 1 rings (SSSR count). The summed E-state index contributed by atoms with van der Waals surface area (Å²) in [6.07, 6.45) is 0. The fourth-order valence-corrected chi connectivity index (χ4v) is 1.84. The molecule has 0 nitrogen and oxygen atoms in total. The normalized spacial score (nSPS) is 20.4. The fourth-order valence-electron chi connectivity index (χ4n) is 0.354. The van der Waals surface area contributed by atoms with Gasteiger partial charge in [0.25, 0.3) is 0 Å². The van der Waals surface area contributed by atoms with E-state index in [2.05, 4.69) is 13.8 Å². The molecule has 0 aliphatic carbocycles. The third-order valence-corrected chi connectivity index (χ3v) is 4.84. The summed E-state index contributed by atoms with van der Waals surface area (Å²) >= 11 is 0.0139. The van der Waals surface area contributed by atoms with E-state index in [0.29, 0.717) is 0 Å². The van der Waals surface area contributed by atoms with E-state index in [9.17, 15) is 0 Å². The Kier molecular flexibility index (Phi) is 0.604. The number of hydrogen-bond acceptors (Lipinski definition) is 0. The van der Waals surface area contributed by atoms with Crippen LogP contribution in [0.2, 0.25) is 0 Å². The number of hydrogen-bond donors (Lipinski definition) is 0. The second-order valence-electron chi connectivity index (χ2n) is 1.74. The van der Waals surface area contributed by atoms with Gasteiger partial charge in [0.05, 0.1) is 0 Å². The molecule has 1 aliphatic rings. The molecule has 0 fully saturated rings. The molecule has 0 saturated carbocycles. The van der Waals surface area contributed by atoms with Gasteiger partial charge in [-0.15, -0.1) is 0 Å². The molecule has 0 N–H and O–H groups in total. The van der Waals surface area contributed by atoms with E-state index in [-0.39, 0.29) is 15.4 Å². The fraction of sp³-hybridized carbons (Fsp3) is 0.500. The Bertz CT molecular complexity index is 71.6. The van der Waals surface area contributed by atoms with E-state index in [1.165, 1.54) is 0 Å². The van der Waals surface area contributed by atoms with E-state index in [0.717, 1.165) is 0 Å². The monoisotopic (exact) mass is 130 g/mol. The quantitative estimate of drug-likeness (QED) is 0.415. The molecule has 0 aromatic heterocycles. The van der Waals surface area contributed by atoms with Gasteiger partial charge in [-0.25, -0.2) is 0 Å². The topological polar surface area (TPSA) is 0 Å². The Balaban J connectivity index is 2.59. The van der Waals surface area contributed by atoms with Gasteiger partial charge in [0.15, 0.2) is 0 Å². The van der Waals surface area contributed by atoms with Crippen LogP contribution in [0.3, 0.4) is 0 Å². The molecule has 1 heteroatoms. The van der Waals surface area contributed by atoms with E-state index >= 15 is 0 Å². The van der Waals surface area contributed by atoms with Crippen molar-refractivity contribution >= 4 is 15.4 Å². The Hall–Kier alpha value is 0.283. The second kappa shape index (κ2) is 0.870. The van der Waals surface area contributed by atoms with Gasteiger partial charge in [-0.2, -0.15) is 0 Å². The molecule has 0 aromatic rings. The van der Waals surface area contributed by atoms with Crippen molar-refractivity contribution < 1.29 is 0 Å². The predicted octanol–water partition coefficient (Wildman–Crippen LogP) is 0.420. The van der Waals surface area contributed by atoms with Gasteiger partial charge < -0.3 is 0 Å². The summed E-state index contributed by atoms with van der Waals surface area (Å²) < 4.78 is 3.55. The second-order valence-corrected chi connectivity index (χ2v) is 6.93. The van der Waals surface area contributed by atoms with Gasteiger partial charge in [0.2, 0.25) is 0 Å². The minimum absolute atomic E-state index is 0.0139. The first-order chi connectivity index (χ1) is 2.30. The molecule has 0 aromatic carbocycles. The van der Waals surface area contributed by atoms with Crippen molar-refractivity contribution in [2.24, 2.45) is 0 Å². The molecule has 0 unspecified atom stereocenters. The molecule has 0 radical (unpaired) electrons. The van der Waals surface area contributed by atoms with Crippen molar-refractivity contribution in [1.82, 2.24) is 0 Å². The van der Waals surface area contributed by atoms with Crippen LogP contribution < -0.4 is 0 Å². The van der Waals surface area contributed by atoms with Crippen molar-refractivity contribution in [2.45, 2.75) is 13.8 Å². The van der Waals surface area contributed by atoms with Crippen molar-refractivity contribution in [2.75, 3.05) is 0 Å². The first-order valence-electron chi connectivity index (χ1n) is 1.96.